The molecule has 174 valence electrons. The molecule has 0 saturated carbocycles. The molecule has 0 heterocycles. The molecule has 2 amide bonds. The molecule has 0 radical (unpaired) electrons. The van der Waals surface area contributed by atoms with E-state index in [0.29, 0.717) is 29.0 Å². The fraction of sp³-hybridized carbons (Fsp3) is 0.115. The van der Waals surface area contributed by atoms with Gasteiger partial charge >= 0.3 is 0 Å². The third-order valence-corrected chi connectivity index (χ3v) is 4.57. The number of aromatic hydroxyl groups is 2. The highest BCUT2D eigenvalue weighted by atomic mass is 16.5. The van der Waals surface area contributed by atoms with Gasteiger partial charge in [-0.05, 0) is 66.1 Å². The molecular formula is C26H25N3O5. The summed E-state index contributed by atoms with van der Waals surface area (Å²) in [5.41, 5.74) is 3.88. The summed E-state index contributed by atoms with van der Waals surface area (Å²) >= 11 is 0. The highest BCUT2D eigenvalue weighted by molar-refractivity contribution is 6.05. The van der Waals surface area contributed by atoms with Crippen LogP contribution in [0.3, 0.4) is 0 Å². The number of ether oxygens (including phenoxy) is 1. The van der Waals surface area contributed by atoms with E-state index in [1.807, 2.05) is 6.92 Å². The van der Waals surface area contributed by atoms with Gasteiger partial charge < -0.3 is 20.3 Å². The zero-order chi connectivity index (χ0) is 24.3. The first-order valence-corrected chi connectivity index (χ1v) is 10.6. The van der Waals surface area contributed by atoms with Gasteiger partial charge in [0, 0.05) is 5.56 Å². The van der Waals surface area contributed by atoms with Crippen LogP contribution >= 0.6 is 0 Å². The van der Waals surface area contributed by atoms with Crippen molar-refractivity contribution in [1.82, 2.24) is 10.7 Å². The van der Waals surface area contributed by atoms with E-state index in [0.717, 1.165) is 6.42 Å². The number of hydrogen-bond donors (Lipinski definition) is 4. The van der Waals surface area contributed by atoms with E-state index in [2.05, 4.69) is 15.8 Å². The summed E-state index contributed by atoms with van der Waals surface area (Å²) < 4.78 is 5.57. The van der Waals surface area contributed by atoms with Gasteiger partial charge in [0.05, 0.1) is 12.8 Å². The number of phenolic OH excluding ortho intramolecular Hbond substituents is 2. The average molecular weight is 460 g/mol. The highest BCUT2D eigenvalue weighted by Crippen LogP contribution is 2.24. The van der Waals surface area contributed by atoms with Crippen molar-refractivity contribution in [2.24, 2.45) is 5.10 Å². The number of nitrogens with one attached hydrogen (secondary N) is 2. The Morgan fingerprint density at radius 3 is 2.32 bits per heavy atom. The molecule has 0 unspecified atom stereocenters. The van der Waals surface area contributed by atoms with Crippen molar-refractivity contribution in [2.75, 3.05) is 6.61 Å². The molecule has 0 aliphatic heterocycles. The summed E-state index contributed by atoms with van der Waals surface area (Å²) in [6, 6.07) is 19.7. The lowest BCUT2D eigenvalue weighted by atomic mass is 10.1. The normalized spacial score (nSPS) is 11.3. The number of carbonyl (C=O) groups excluding carboxylic acids is 2. The zero-order valence-electron chi connectivity index (χ0n) is 18.6. The van der Waals surface area contributed by atoms with Crippen LogP contribution in [-0.4, -0.2) is 34.8 Å². The van der Waals surface area contributed by atoms with Crippen molar-refractivity contribution < 1.29 is 24.5 Å². The van der Waals surface area contributed by atoms with Gasteiger partial charge in [0.15, 0.2) is 11.5 Å². The first kappa shape index (κ1) is 24.1. The second kappa shape index (κ2) is 11.9. The fourth-order valence-electron chi connectivity index (χ4n) is 2.84. The molecule has 0 bridgehead atoms. The van der Waals surface area contributed by atoms with Gasteiger partial charge in [-0.2, -0.15) is 5.10 Å². The molecule has 0 fully saturated rings. The number of amides is 2. The maximum Gasteiger partial charge on any atom is 0.287 e. The SMILES string of the molecule is CCCOc1ccc(C=C(NC(=O)c2ccccc2)C(=O)N/N=C/c2ccc(O)c(O)c2)cc1. The monoisotopic (exact) mass is 459 g/mol. The third-order valence-electron chi connectivity index (χ3n) is 4.57. The second-order valence-electron chi connectivity index (χ2n) is 7.24. The number of hydrogen-bond acceptors (Lipinski definition) is 6. The standard InChI is InChI=1S/C26H25N3O5/c1-2-14-34-21-11-8-18(9-12-21)15-22(28-25(32)20-6-4-3-5-7-20)26(33)29-27-17-19-10-13-23(30)24(31)16-19/h3-13,15-17,30-31H,2,14H2,1H3,(H,28,32)(H,29,33)/b22-15?,27-17+. The van der Waals surface area contributed by atoms with Crippen LogP contribution in [-0.2, 0) is 4.79 Å². The van der Waals surface area contributed by atoms with Crippen molar-refractivity contribution in [2.45, 2.75) is 13.3 Å². The van der Waals surface area contributed by atoms with Crippen LogP contribution in [0.15, 0.2) is 83.6 Å². The van der Waals surface area contributed by atoms with Crippen molar-refractivity contribution in [1.29, 1.82) is 0 Å². The molecule has 0 aliphatic rings. The molecule has 3 rings (SSSR count). The van der Waals surface area contributed by atoms with Crippen LogP contribution in [0.25, 0.3) is 6.08 Å². The zero-order valence-corrected chi connectivity index (χ0v) is 18.6. The van der Waals surface area contributed by atoms with Crippen LogP contribution < -0.4 is 15.5 Å². The number of benzene rings is 3. The molecule has 34 heavy (non-hydrogen) atoms. The summed E-state index contributed by atoms with van der Waals surface area (Å²) in [4.78, 5) is 25.5. The van der Waals surface area contributed by atoms with Gasteiger partial charge in [-0.1, -0.05) is 37.3 Å². The van der Waals surface area contributed by atoms with E-state index in [4.69, 9.17) is 4.74 Å². The lowest BCUT2D eigenvalue weighted by molar-refractivity contribution is -0.117. The smallest absolute Gasteiger partial charge is 0.287 e. The van der Waals surface area contributed by atoms with Crippen LogP contribution in [0, 0.1) is 0 Å². The van der Waals surface area contributed by atoms with Crippen LogP contribution in [0.5, 0.6) is 17.2 Å². The fourth-order valence-corrected chi connectivity index (χ4v) is 2.84. The minimum atomic E-state index is -0.644. The minimum absolute atomic E-state index is 0.0122. The summed E-state index contributed by atoms with van der Waals surface area (Å²) in [7, 11) is 0. The predicted molar refractivity (Wildman–Crippen MR) is 130 cm³/mol. The van der Waals surface area contributed by atoms with Crippen molar-refractivity contribution in [3.8, 4) is 17.2 Å². The highest BCUT2D eigenvalue weighted by Gasteiger charge is 2.14. The topological polar surface area (TPSA) is 120 Å². The van der Waals surface area contributed by atoms with Gasteiger partial charge in [0.1, 0.15) is 11.4 Å². The van der Waals surface area contributed by atoms with Gasteiger partial charge in [-0.3, -0.25) is 9.59 Å². The minimum Gasteiger partial charge on any atom is -0.504 e. The van der Waals surface area contributed by atoms with E-state index < -0.39 is 11.8 Å². The molecule has 3 aromatic carbocycles. The maximum atomic E-state index is 12.8. The van der Waals surface area contributed by atoms with Gasteiger partial charge in [-0.15, -0.1) is 0 Å². The first-order chi connectivity index (χ1) is 16.5. The molecular weight excluding hydrogens is 434 g/mol. The second-order valence-corrected chi connectivity index (χ2v) is 7.24. The molecule has 4 N–H and O–H groups in total. The molecule has 0 aromatic heterocycles. The molecule has 0 spiro atoms. The summed E-state index contributed by atoms with van der Waals surface area (Å²) in [6.45, 7) is 2.62. The number of phenols is 2. The summed E-state index contributed by atoms with van der Waals surface area (Å²) in [5, 5.41) is 25.5. The molecule has 8 heteroatoms. The Labute approximate surface area is 197 Å². The number of hydrazone groups is 1. The Bertz CT molecular complexity index is 1190. The molecule has 8 nitrogen and oxygen atoms in total. The number of nitrogens with zero attached hydrogens (tertiary/aromatic N) is 1. The van der Waals surface area contributed by atoms with E-state index in [-0.39, 0.29) is 17.2 Å². The number of carbonyl (C=O) groups is 2. The van der Waals surface area contributed by atoms with E-state index in [1.54, 1.807) is 54.6 Å². The Morgan fingerprint density at radius 1 is 0.941 bits per heavy atom. The predicted octanol–water partition coefficient (Wildman–Crippen LogP) is 3.81. The maximum absolute atomic E-state index is 12.8. The van der Waals surface area contributed by atoms with Gasteiger partial charge in [0.2, 0.25) is 0 Å². The van der Waals surface area contributed by atoms with Crippen molar-refractivity contribution in [3.05, 3.63) is 95.2 Å². The molecule has 3 aromatic rings. The molecule has 0 aliphatic carbocycles. The summed E-state index contributed by atoms with van der Waals surface area (Å²) in [5.74, 6) is -0.953. The number of rotatable bonds is 9. The summed E-state index contributed by atoms with van der Waals surface area (Å²) in [6.07, 6.45) is 3.72. The molecule has 0 atom stereocenters. The Balaban J connectivity index is 1.79. The first-order valence-electron chi connectivity index (χ1n) is 10.6. The largest absolute Gasteiger partial charge is 0.504 e. The quantitative estimate of drug-likeness (QED) is 0.168. The van der Waals surface area contributed by atoms with Crippen LogP contribution in [0.1, 0.15) is 34.8 Å². The van der Waals surface area contributed by atoms with Gasteiger partial charge in [-0.25, -0.2) is 5.43 Å². The lowest BCUT2D eigenvalue weighted by Crippen LogP contribution is -2.32. The van der Waals surface area contributed by atoms with Crippen LogP contribution in [0.2, 0.25) is 0 Å². The lowest BCUT2D eigenvalue weighted by Gasteiger charge is -2.10. The Kier molecular flexibility index (Phi) is 8.40. The van der Waals surface area contributed by atoms with E-state index in [1.165, 1.54) is 30.5 Å². The average Bonchev–Trinajstić information content (AvgIpc) is 2.85. The molecule has 0 saturated heterocycles. The van der Waals surface area contributed by atoms with Crippen molar-refractivity contribution >= 4 is 24.1 Å². The van der Waals surface area contributed by atoms with E-state index in [9.17, 15) is 19.8 Å². The van der Waals surface area contributed by atoms with E-state index >= 15 is 0 Å². The Morgan fingerprint density at radius 2 is 1.65 bits per heavy atom. The third kappa shape index (κ3) is 6.96. The van der Waals surface area contributed by atoms with Crippen molar-refractivity contribution in [3.63, 3.8) is 0 Å². The van der Waals surface area contributed by atoms with Gasteiger partial charge in [0.25, 0.3) is 11.8 Å². The van der Waals surface area contributed by atoms with Crippen LogP contribution in [0.4, 0.5) is 0 Å². The Hall–Kier alpha value is -4.59.